The predicted molar refractivity (Wildman–Crippen MR) is 255 cm³/mol. The molecule has 0 aromatic rings. The largest absolute Gasteiger partial charge is 0.466 e. The van der Waals surface area contributed by atoms with Gasteiger partial charge in [0, 0.05) is 12.8 Å². The first kappa shape index (κ1) is 56.8. The van der Waals surface area contributed by atoms with Gasteiger partial charge in [-0.15, -0.1) is 0 Å². The fraction of sp³-hybridized carbons (Fsp3) is 0.811. The van der Waals surface area contributed by atoms with Crippen LogP contribution in [-0.2, 0) is 14.3 Å². The van der Waals surface area contributed by atoms with Gasteiger partial charge in [0.15, 0.2) is 0 Å². The lowest BCUT2D eigenvalue weighted by Crippen LogP contribution is -2.45. The van der Waals surface area contributed by atoms with Gasteiger partial charge in [0.05, 0.1) is 25.4 Å². The predicted octanol–water partition coefficient (Wildman–Crippen LogP) is 15.1. The fourth-order valence-corrected chi connectivity index (χ4v) is 7.36. The summed E-state index contributed by atoms with van der Waals surface area (Å²) in [6.45, 7) is 4.80. The Morgan fingerprint density at radius 2 is 0.847 bits per heavy atom. The van der Waals surface area contributed by atoms with Crippen molar-refractivity contribution in [3.05, 3.63) is 48.6 Å². The van der Waals surface area contributed by atoms with Crippen LogP contribution in [0, 0.1) is 0 Å². The van der Waals surface area contributed by atoms with Crippen LogP contribution < -0.4 is 5.32 Å². The molecule has 6 nitrogen and oxygen atoms in total. The lowest BCUT2D eigenvalue weighted by molar-refractivity contribution is -0.143. The Balaban J connectivity index is 3.54. The van der Waals surface area contributed by atoms with Crippen LogP contribution in [0.25, 0.3) is 0 Å². The Kier molecular flexibility index (Phi) is 46.7. The van der Waals surface area contributed by atoms with E-state index in [4.69, 9.17) is 4.74 Å². The Hall–Kier alpha value is -2.18. The highest BCUT2D eigenvalue weighted by Crippen LogP contribution is 2.14. The Morgan fingerprint density at radius 3 is 1.32 bits per heavy atom. The lowest BCUT2D eigenvalue weighted by atomic mass is 10.1. The van der Waals surface area contributed by atoms with Gasteiger partial charge in [-0.2, -0.15) is 0 Å². The van der Waals surface area contributed by atoms with E-state index in [2.05, 4.69) is 55.6 Å². The first-order valence-electron chi connectivity index (χ1n) is 25.4. The van der Waals surface area contributed by atoms with Gasteiger partial charge >= 0.3 is 5.97 Å². The van der Waals surface area contributed by atoms with Crippen LogP contribution in [0.3, 0.4) is 0 Å². The summed E-state index contributed by atoms with van der Waals surface area (Å²) >= 11 is 0. The van der Waals surface area contributed by atoms with Crippen LogP contribution in [0.1, 0.15) is 251 Å². The molecule has 2 unspecified atom stereocenters. The van der Waals surface area contributed by atoms with Gasteiger partial charge in [0.25, 0.3) is 0 Å². The van der Waals surface area contributed by atoms with Crippen molar-refractivity contribution in [1.82, 2.24) is 5.32 Å². The summed E-state index contributed by atoms with van der Waals surface area (Å²) in [6, 6.07) is -0.647. The number of aliphatic hydroxyl groups is 2. The molecule has 1 amide bonds. The molecule has 0 radical (unpaired) electrons. The van der Waals surface area contributed by atoms with Crippen LogP contribution in [0.2, 0.25) is 0 Å². The van der Waals surface area contributed by atoms with Gasteiger partial charge in [-0.1, -0.05) is 191 Å². The number of allylic oxidation sites excluding steroid dienone is 7. The van der Waals surface area contributed by atoms with E-state index in [1.165, 1.54) is 135 Å². The van der Waals surface area contributed by atoms with Crippen LogP contribution in [0.4, 0.5) is 0 Å². The minimum absolute atomic E-state index is 0.0328. The maximum atomic E-state index is 12.4. The molecule has 0 aliphatic rings. The van der Waals surface area contributed by atoms with Gasteiger partial charge in [0.2, 0.25) is 5.91 Å². The third kappa shape index (κ3) is 45.2. The third-order valence-electron chi connectivity index (χ3n) is 11.3. The van der Waals surface area contributed by atoms with Gasteiger partial charge in [-0.05, 0) is 96.3 Å². The van der Waals surface area contributed by atoms with Gasteiger partial charge in [-0.25, -0.2) is 0 Å². The molecular weight excluding hydrogens is 731 g/mol. The SMILES string of the molecule is CCCCCC/C=C\C/C=C\CCCCCCCCCC(=O)OCCCCC/C=C\CCCCCCCC(=O)NC(CO)C(O)/C=C/CCCCCCCCCCCC. The van der Waals surface area contributed by atoms with Crippen molar-refractivity contribution in [3.8, 4) is 0 Å². The minimum Gasteiger partial charge on any atom is -0.466 e. The van der Waals surface area contributed by atoms with Crippen LogP contribution in [-0.4, -0.2) is 47.4 Å². The molecule has 0 fully saturated rings. The summed E-state index contributed by atoms with van der Waals surface area (Å²) in [6.07, 6.45) is 59.6. The number of unbranched alkanes of at least 4 members (excludes halogenated alkanes) is 29. The molecule has 344 valence electrons. The fourth-order valence-electron chi connectivity index (χ4n) is 7.36. The molecule has 59 heavy (non-hydrogen) atoms. The minimum atomic E-state index is -0.860. The average Bonchev–Trinajstić information content (AvgIpc) is 3.24. The van der Waals surface area contributed by atoms with Crippen LogP contribution >= 0.6 is 0 Å². The number of hydrogen-bond donors (Lipinski definition) is 3. The molecule has 0 aromatic carbocycles. The van der Waals surface area contributed by atoms with E-state index in [0.29, 0.717) is 19.4 Å². The number of nitrogens with one attached hydrogen (secondary N) is 1. The van der Waals surface area contributed by atoms with Crippen molar-refractivity contribution in [2.24, 2.45) is 0 Å². The van der Waals surface area contributed by atoms with Crippen molar-refractivity contribution in [1.29, 1.82) is 0 Å². The quantitative estimate of drug-likeness (QED) is 0.0323. The summed E-state index contributed by atoms with van der Waals surface area (Å²) in [7, 11) is 0. The van der Waals surface area contributed by atoms with E-state index >= 15 is 0 Å². The molecule has 2 atom stereocenters. The van der Waals surface area contributed by atoms with Gasteiger partial charge < -0.3 is 20.3 Å². The van der Waals surface area contributed by atoms with Crippen molar-refractivity contribution in [3.63, 3.8) is 0 Å². The van der Waals surface area contributed by atoms with E-state index in [1.807, 2.05) is 6.08 Å². The maximum Gasteiger partial charge on any atom is 0.305 e. The maximum absolute atomic E-state index is 12.4. The molecule has 0 aliphatic carbocycles. The highest BCUT2D eigenvalue weighted by molar-refractivity contribution is 5.76. The summed E-state index contributed by atoms with van der Waals surface area (Å²) in [4.78, 5) is 24.4. The standard InChI is InChI=1S/C53H97NO5/c1-3-5-7-9-11-13-15-17-18-19-20-21-22-27-31-35-39-43-47-53(58)59-48-44-40-36-32-28-24-23-26-30-34-38-42-46-52(57)54-50(49-55)51(56)45-41-37-33-29-25-16-14-12-10-8-6-4-2/h13,15,18-19,24,28,41,45,50-51,55-56H,3-12,14,16-17,20-23,25-27,29-40,42-44,46-49H2,1-2H3,(H,54,57)/b15-13-,19-18-,28-24-,45-41+. The van der Waals surface area contributed by atoms with Gasteiger partial charge in [-0.3, -0.25) is 9.59 Å². The molecular formula is C53H97NO5. The summed E-state index contributed by atoms with van der Waals surface area (Å²) in [5, 5.41) is 23.0. The second-order valence-electron chi connectivity index (χ2n) is 17.1. The molecule has 0 rings (SSSR count). The Morgan fingerprint density at radius 1 is 0.475 bits per heavy atom. The van der Waals surface area contributed by atoms with E-state index in [1.54, 1.807) is 6.08 Å². The number of aliphatic hydroxyl groups excluding tert-OH is 2. The van der Waals surface area contributed by atoms with E-state index < -0.39 is 12.1 Å². The number of carbonyl (C=O) groups is 2. The topological polar surface area (TPSA) is 95.9 Å². The molecule has 0 saturated carbocycles. The lowest BCUT2D eigenvalue weighted by Gasteiger charge is -2.20. The third-order valence-corrected chi connectivity index (χ3v) is 11.3. The van der Waals surface area contributed by atoms with Crippen LogP contribution in [0.15, 0.2) is 48.6 Å². The molecule has 6 heteroatoms. The smallest absolute Gasteiger partial charge is 0.305 e. The molecule has 0 heterocycles. The van der Waals surface area contributed by atoms with Crippen molar-refractivity contribution in [2.75, 3.05) is 13.2 Å². The van der Waals surface area contributed by atoms with Crippen molar-refractivity contribution in [2.45, 2.75) is 264 Å². The van der Waals surface area contributed by atoms with Gasteiger partial charge in [0.1, 0.15) is 0 Å². The Labute approximate surface area is 366 Å². The Bertz CT molecular complexity index is 1000. The normalized spacial score (nSPS) is 13.1. The molecule has 0 saturated heterocycles. The van der Waals surface area contributed by atoms with E-state index in [0.717, 1.165) is 89.9 Å². The van der Waals surface area contributed by atoms with E-state index in [9.17, 15) is 19.8 Å². The molecule has 0 bridgehead atoms. The average molecular weight is 828 g/mol. The number of amides is 1. The number of ether oxygens (including phenoxy) is 1. The highest BCUT2D eigenvalue weighted by atomic mass is 16.5. The zero-order chi connectivity index (χ0) is 43.0. The highest BCUT2D eigenvalue weighted by Gasteiger charge is 2.18. The molecule has 0 aliphatic heterocycles. The molecule has 0 spiro atoms. The van der Waals surface area contributed by atoms with Crippen molar-refractivity contribution < 1.29 is 24.5 Å². The second-order valence-corrected chi connectivity index (χ2v) is 17.1. The van der Waals surface area contributed by atoms with E-state index in [-0.39, 0.29) is 18.5 Å². The first-order valence-corrected chi connectivity index (χ1v) is 25.4. The summed E-state index contributed by atoms with van der Waals surface area (Å²) in [5.41, 5.74) is 0. The molecule has 3 N–H and O–H groups in total. The summed E-state index contributed by atoms with van der Waals surface area (Å²) < 4.78 is 5.45. The monoisotopic (exact) mass is 828 g/mol. The van der Waals surface area contributed by atoms with Crippen molar-refractivity contribution >= 4 is 11.9 Å². The number of carbonyl (C=O) groups excluding carboxylic acids is 2. The van der Waals surface area contributed by atoms with Crippen LogP contribution in [0.5, 0.6) is 0 Å². The zero-order valence-corrected chi connectivity index (χ0v) is 39.0. The second kappa shape index (κ2) is 48.5. The number of esters is 1. The number of hydrogen-bond acceptors (Lipinski definition) is 5. The molecule has 0 aromatic heterocycles. The number of rotatable bonds is 46. The first-order chi connectivity index (χ1) is 29.0. The zero-order valence-electron chi connectivity index (χ0n) is 39.0. The summed E-state index contributed by atoms with van der Waals surface area (Å²) in [5.74, 6) is -0.130.